The van der Waals surface area contributed by atoms with Gasteiger partial charge in [0.15, 0.2) is 0 Å². The quantitative estimate of drug-likeness (QED) is 0.816. The van der Waals surface area contributed by atoms with E-state index in [-0.39, 0.29) is 6.54 Å². The number of carboxylic acids is 1. The summed E-state index contributed by atoms with van der Waals surface area (Å²) >= 11 is 1.71. The van der Waals surface area contributed by atoms with Gasteiger partial charge in [-0.25, -0.2) is 0 Å². The molecule has 23 heavy (non-hydrogen) atoms. The van der Waals surface area contributed by atoms with Gasteiger partial charge in [0.2, 0.25) is 0 Å². The molecule has 2 aromatic heterocycles. The molecule has 2 saturated carbocycles. The first-order valence-electron chi connectivity index (χ1n) is 8.23. The van der Waals surface area contributed by atoms with Crippen LogP contribution in [0.1, 0.15) is 25.7 Å². The molecule has 2 aliphatic rings. The number of carboxylic acid groups (broad SMARTS) is 1. The van der Waals surface area contributed by atoms with Crippen LogP contribution in [0.3, 0.4) is 0 Å². The predicted octanol–water partition coefficient (Wildman–Crippen LogP) is 3.04. The molecule has 0 bridgehead atoms. The average Bonchev–Trinajstić information content (AvgIpc) is 3.14. The summed E-state index contributed by atoms with van der Waals surface area (Å²) in [5, 5.41) is 14.8. The molecule has 0 amide bonds. The van der Waals surface area contributed by atoms with E-state index in [0.717, 1.165) is 36.5 Å². The number of thiophene rings is 1. The van der Waals surface area contributed by atoms with Crippen LogP contribution in [-0.4, -0.2) is 46.1 Å². The van der Waals surface area contributed by atoms with Crippen molar-refractivity contribution in [1.29, 1.82) is 0 Å². The number of nitrogens with one attached hydrogen (secondary N) is 1. The summed E-state index contributed by atoms with van der Waals surface area (Å²) in [6, 6.07) is 4.91. The van der Waals surface area contributed by atoms with Gasteiger partial charge in [0.25, 0.3) is 0 Å². The van der Waals surface area contributed by atoms with Crippen molar-refractivity contribution in [3.63, 3.8) is 0 Å². The van der Waals surface area contributed by atoms with Crippen molar-refractivity contribution in [2.45, 2.75) is 37.8 Å². The number of fused-ring (bicyclic) bond motifs is 1. The Kier molecular flexibility index (Phi) is 3.95. The molecule has 5 nitrogen and oxygen atoms in total. The van der Waals surface area contributed by atoms with Crippen LogP contribution >= 0.6 is 11.3 Å². The predicted molar refractivity (Wildman–Crippen MR) is 92.0 cm³/mol. The van der Waals surface area contributed by atoms with E-state index in [1.807, 2.05) is 18.3 Å². The van der Waals surface area contributed by atoms with E-state index in [0.29, 0.717) is 12.1 Å². The fourth-order valence-electron chi connectivity index (χ4n) is 3.36. The number of rotatable bonds is 7. The molecule has 2 aromatic rings. The molecule has 0 saturated heterocycles. The van der Waals surface area contributed by atoms with E-state index >= 15 is 0 Å². The molecule has 6 heteroatoms. The van der Waals surface area contributed by atoms with Crippen molar-refractivity contribution >= 4 is 33.2 Å². The molecule has 0 unspecified atom stereocenters. The zero-order valence-electron chi connectivity index (χ0n) is 12.9. The highest BCUT2D eigenvalue weighted by Gasteiger charge is 2.37. The molecular weight excluding hydrogens is 310 g/mol. The summed E-state index contributed by atoms with van der Waals surface area (Å²) in [5.74, 6) is 0.0174. The average molecular weight is 331 g/mol. The third kappa shape index (κ3) is 3.33. The van der Waals surface area contributed by atoms with Gasteiger partial charge in [-0.1, -0.05) is 0 Å². The third-order valence-corrected chi connectivity index (χ3v) is 5.80. The maximum Gasteiger partial charge on any atom is 0.317 e. The first-order chi connectivity index (χ1) is 11.2. The van der Waals surface area contributed by atoms with Crippen molar-refractivity contribution in [3.05, 3.63) is 23.7 Å². The first-order valence-corrected chi connectivity index (χ1v) is 9.11. The number of hydrogen-bond acceptors (Lipinski definition) is 5. The summed E-state index contributed by atoms with van der Waals surface area (Å²) in [4.78, 5) is 17.6. The van der Waals surface area contributed by atoms with Gasteiger partial charge in [-0.2, -0.15) is 0 Å². The minimum Gasteiger partial charge on any atom is -0.480 e. The maximum absolute atomic E-state index is 11.1. The largest absolute Gasteiger partial charge is 0.480 e. The number of anilines is 1. The van der Waals surface area contributed by atoms with Crippen molar-refractivity contribution in [1.82, 2.24) is 9.88 Å². The van der Waals surface area contributed by atoms with Crippen LogP contribution in [0.5, 0.6) is 0 Å². The van der Waals surface area contributed by atoms with Crippen LogP contribution in [0.15, 0.2) is 23.7 Å². The molecule has 122 valence electrons. The van der Waals surface area contributed by atoms with Gasteiger partial charge < -0.3 is 10.4 Å². The Balaban J connectivity index is 1.36. The Morgan fingerprint density at radius 1 is 1.39 bits per heavy atom. The van der Waals surface area contributed by atoms with E-state index in [4.69, 9.17) is 5.11 Å². The number of aliphatic carboxylic acids is 1. The lowest BCUT2D eigenvalue weighted by atomic mass is 9.85. The summed E-state index contributed by atoms with van der Waals surface area (Å²) in [5.41, 5.74) is 2.19. The number of nitrogens with zero attached hydrogens (tertiary/aromatic N) is 2. The van der Waals surface area contributed by atoms with Crippen LogP contribution < -0.4 is 5.32 Å². The summed E-state index contributed by atoms with van der Waals surface area (Å²) in [7, 11) is 0. The summed E-state index contributed by atoms with van der Waals surface area (Å²) in [6.45, 7) is 1.13. The van der Waals surface area contributed by atoms with E-state index in [1.54, 1.807) is 11.3 Å². The molecule has 0 atom stereocenters. The number of aromatic nitrogens is 1. The Bertz CT molecular complexity index is 707. The van der Waals surface area contributed by atoms with Crippen LogP contribution in [0, 0.1) is 5.92 Å². The summed E-state index contributed by atoms with van der Waals surface area (Å²) < 4.78 is 1.20. The minimum absolute atomic E-state index is 0.179. The van der Waals surface area contributed by atoms with Gasteiger partial charge in [0.1, 0.15) is 0 Å². The fourth-order valence-corrected chi connectivity index (χ4v) is 4.19. The summed E-state index contributed by atoms with van der Waals surface area (Å²) in [6.07, 6.45) is 6.41. The highest BCUT2D eigenvalue weighted by molar-refractivity contribution is 7.17. The second kappa shape index (κ2) is 6.09. The Morgan fingerprint density at radius 3 is 2.96 bits per heavy atom. The Morgan fingerprint density at radius 2 is 2.22 bits per heavy atom. The molecule has 0 aromatic carbocycles. The van der Waals surface area contributed by atoms with E-state index < -0.39 is 5.97 Å². The van der Waals surface area contributed by atoms with Gasteiger partial charge >= 0.3 is 5.97 Å². The van der Waals surface area contributed by atoms with E-state index in [9.17, 15) is 4.79 Å². The topological polar surface area (TPSA) is 65.5 Å². The molecule has 0 spiro atoms. The third-order valence-electron chi connectivity index (χ3n) is 4.86. The van der Waals surface area contributed by atoms with Crippen molar-refractivity contribution < 1.29 is 9.90 Å². The molecule has 4 rings (SSSR count). The molecule has 0 aliphatic heterocycles. The van der Waals surface area contributed by atoms with Gasteiger partial charge in [-0.3, -0.25) is 14.7 Å². The van der Waals surface area contributed by atoms with E-state index in [1.165, 1.54) is 17.5 Å². The molecule has 2 fully saturated rings. The van der Waals surface area contributed by atoms with E-state index in [2.05, 4.69) is 20.6 Å². The lowest BCUT2D eigenvalue weighted by Crippen LogP contribution is -2.52. The highest BCUT2D eigenvalue weighted by atomic mass is 32.1. The SMILES string of the molecule is O=C(O)CN(CC1CC1)C1CC(Nc2ccnc3ccsc23)C1. The highest BCUT2D eigenvalue weighted by Crippen LogP contribution is 2.36. The van der Waals surface area contributed by atoms with Crippen LogP contribution in [0.2, 0.25) is 0 Å². The smallest absolute Gasteiger partial charge is 0.317 e. The second-order valence-electron chi connectivity index (χ2n) is 6.73. The minimum atomic E-state index is -0.712. The standard InChI is InChI=1S/C17H21N3O2S/c21-16(22)10-20(9-11-1-2-11)13-7-12(8-13)19-15-3-5-18-14-4-6-23-17(14)15/h3-6,11-13H,1-2,7-10H2,(H,18,19)(H,21,22). The zero-order valence-corrected chi connectivity index (χ0v) is 13.8. The van der Waals surface area contributed by atoms with Crippen LogP contribution in [0.25, 0.3) is 10.2 Å². The molecule has 2 N–H and O–H groups in total. The van der Waals surface area contributed by atoms with Crippen LogP contribution in [-0.2, 0) is 4.79 Å². The lowest BCUT2D eigenvalue weighted by molar-refractivity contribution is -0.139. The maximum atomic E-state index is 11.1. The van der Waals surface area contributed by atoms with Crippen molar-refractivity contribution in [2.24, 2.45) is 5.92 Å². The molecular formula is C17H21N3O2S. The second-order valence-corrected chi connectivity index (χ2v) is 7.64. The number of hydrogen-bond donors (Lipinski definition) is 2. The number of pyridine rings is 1. The van der Waals surface area contributed by atoms with Gasteiger partial charge in [0.05, 0.1) is 22.4 Å². The van der Waals surface area contributed by atoms with Gasteiger partial charge in [-0.05, 0) is 49.1 Å². The normalized spacial score (nSPS) is 23.9. The number of carbonyl (C=O) groups is 1. The fraction of sp³-hybridized carbons (Fsp3) is 0.529. The van der Waals surface area contributed by atoms with Gasteiger partial charge in [0, 0.05) is 24.8 Å². The van der Waals surface area contributed by atoms with Gasteiger partial charge in [-0.15, -0.1) is 11.3 Å². The molecule has 2 heterocycles. The Labute approximate surface area is 139 Å². The van der Waals surface area contributed by atoms with Crippen molar-refractivity contribution in [3.8, 4) is 0 Å². The van der Waals surface area contributed by atoms with Crippen LogP contribution in [0.4, 0.5) is 5.69 Å². The Hall–Kier alpha value is -1.66. The zero-order chi connectivity index (χ0) is 15.8. The lowest BCUT2D eigenvalue weighted by Gasteiger charge is -2.43. The monoisotopic (exact) mass is 331 g/mol. The van der Waals surface area contributed by atoms with Crippen molar-refractivity contribution in [2.75, 3.05) is 18.4 Å². The molecule has 2 aliphatic carbocycles. The molecule has 0 radical (unpaired) electrons. The first kappa shape index (κ1) is 14.9.